The normalized spacial score (nSPS) is 23.9. The van der Waals surface area contributed by atoms with Gasteiger partial charge < -0.3 is 4.42 Å². The van der Waals surface area contributed by atoms with Crippen LogP contribution in [0.25, 0.3) is 0 Å². The largest absolute Gasteiger partial charge is 0.424 e. The molecule has 0 unspecified atom stereocenters. The Morgan fingerprint density at radius 3 is 2.40 bits per heavy atom. The molecule has 1 spiro atoms. The zero-order valence-electron chi connectivity index (χ0n) is 12.7. The average Bonchev–Trinajstić information content (AvgIpc) is 2.79. The predicted octanol–water partition coefficient (Wildman–Crippen LogP) is 3.57. The highest BCUT2D eigenvalue weighted by Crippen LogP contribution is 2.42. The van der Waals surface area contributed by atoms with Gasteiger partial charge in [0.05, 0.1) is 6.54 Å². The maximum atomic E-state index is 5.67. The second kappa shape index (κ2) is 6.25. The number of hydrogen-bond acceptors (Lipinski definition) is 4. The van der Waals surface area contributed by atoms with Crippen molar-refractivity contribution in [2.45, 2.75) is 71.3 Å². The molecule has 1 saturated heterocycles. The van der Waals surface area contributed by atoms with E-state index in [-0.39, 0.29) is 0 Å². The molecule has 0 atom stereocenters. The molecule has 0 N–H and O–H groups in total. The topological polar surface area (TPSA) is 42.2 Å². The third-order valence-corrected chi connectivity index (χ3v) is 5.07. The molecule has 112 valence electrons. The molecule has 1 aliphatic heterocycles. The zero-order valence-corrected chi connectivity index (χ0v) is 12.7. The molecule has 0 aromatic carbocycles. The summed E-state index contributed by atoms with van der Waals surface area (Å²) in [5, 5.41) is 8.25. The van der Waals surface area contributed by atoms with E-state index in [0.29, 0.717) is 5.41 Å². The van der Waals surface area contributed by atoms with Crippen LogP contribution in [-0.2, 0) is 13.0 Å². The monoisotopic (exact) mass is 277 g/mol. The Bertz CT molecular complexity index is 421. The molecular formula is C16H27N3O. The third-order valence-electron chi connectivity index (χ3n) is 5.07. The highest BCUT2D eigenvalue weighted by atomic mass is 16.4. The van der Waals surface area contributed by atoms with Crippen LogP contribution in [-0.4, -0.2) is 28.2 Å². The van der Waals surface area contributed by atoms with E-state index in [1.165, 1.54) is 64.5 Å². The van der Waals surface area contributed by atoms with E-state index in [2.05, 4.69) is 22.0 Å². The number of rotatable bonds is 3. The van der Waals surface area contributed by atoms with Gasteiger partial charge in [-0.1, -0.05) is 32.6 Å². The van der Waals surface area contributed by atoms with Gasteiger partial charge in [0.1, 0.15) is 0 Å². The van der Waals surface area contributed by atoms with Crippen LogP contribution in [0, 0.1) is 5.41 Å². The van der Waals surface area contributed by atoms with E-state index in [1.807, 2.05) is 0 Å². The van der Waals surface area contributed by atoms with Gasteiger partial charge in [0.2, 0.25) is 11.8 Å². The molecule has 3 rings (SSSR count). The van der Waals surface area contributed by atoms with Crippen LogP contribution >= 0.6 is 0 Å². The molecule has 2 heterocycles. The van der Waals surface area contributed by atoms with Gasteiger partial charge in [-0.3, -0.25) is 4.90 Å². The summed E-state index contributed by atoms with van der Waals surface area (Å²) in [6, 6.07) is 0. The summed E-state index contributed by atoms with van der Waals surface area (Å²) in [6.45, 7) is 5.32. The number of likely N-dealkylation sites (tertiary alicyclic amines) is 1. The number of hydrogen-bond donors (Lipinski definition) is 0. The maximum Gasteiger partial charge on any atom is 0.230 e. The Morgan fingerprint density at radius 2 is 1.70 bits per heavy atom. The minimum absolute atomic E-state index is 0.586. The molecule has 20 heavy (non-hydrogen) atoms. The van der Waals surface area contributed by atoms with E-state index < -0.39 is 0 Å². The molecule has 0 amide bonds. The summed E-state index contributed by atoms with van der Waals surface area (Å²) >= 11 is 0. The van der Waals surface area contributed by atoms with Crippen LogP contribution in [0.2, 0.25) is 0 Å². The second-order valence-corrected chi connectivity index (χ2v) is 6.67. The third kappa shape index (κ3) is 3.22. The van der Waals surface area contributed by atoms with Crippen LogP contribution in [0.1, 0.15) is 70.1 Å². The first-order valence-corrected chi connectivity index (χ1v) is 8.33. The molecule has 0 radical (unpaired) electrons. The van der Waals surface area contributed by atoms with Crippen molar-refractivity contribution in [3.63, 3.8) is 0 Å². The van der Waals surface area contributed by atoms with Crippen molar-refractivity contribution in [2.75, 3.05) is 13.1 Å². The lowest BCUT2D eigenvalue weighted by molar-refractivity contribution is 0.0628. The minimum Gasteiger partial charge on any atom is -0.424 e. The van der Waals surface area contributed by atoms with Gasteiger partial charge in [0.25, 0.3) is 0 Å². The molecule has 1 aromatic heterocycles. The first-order chi connectivity index (χ1) is 9.80. The fraction of sp³-hybridized carbons (Fsp3) is 0.875. The van der Waals surface area contributed by atoms with Gasteiger partial charge in [-0.2, -0.15) is 0 Å². The summed E-state index contributed by atoms with van der Waals surface area (Å²) < 4.78 is 5.67. The molecule has 0 bridgehead atoms. The fourth-order valence-corrected chi connectivity index (χ4v) is 4.02. The highest BCUT2D eigenvalue weighted by Gasteiger charge is 2.35. The van der Waals surface area contributed by atoms with Gasteiger partial charge in [-0.05, 0) is 37.6 Å². The van der Waals surface area contributed by atoms with Crippen molar-refractivity contribution in [1.82, 2.24) is 15.1 Å². The van der Waals surface area contributed by atoms with Crippen molar-refractivity contribution < 1.29 is 4.42 Å². The molecule has 4 nitrogen and oxygen atoms in total. The van der Waals surface area contributed by atoms with E-state index >= 15 is 0 Å². The summed E-state index contributed by atoms with van der Waals surface area (Å²) in [5.41, 5.74) is 0.586. The minimum atomic E-state index is 0.586. The first-order valence-electron chi connectivity index (χ1n) is 8.33. The Kier molecular flexibility index (Phi) is 4.39. The second-order valence-electron chi connectivity index (χ2n) is 6.67. The molecule has 2 fully saturated rings. The quantitative estimate of drug-likeness (QED) is 0.847. The SMILES string of the molecule is CCc1nnc(CN2CCCC3(CCCCCC3)C2)o1. The number of aryl methyl sites for hydroxylation is 1. The van der Waals surface area contributed by atoms with E-state index in [1.54, 1.807) is 0 Å². The molecule has 1 aliphatic carbocycles. The van der Waals surface area contributed by atoms with E-state index in [0.717, 1.165) is 24.7 Å². The molecular weight excluding hydrogens is 250 g/mol. The lowest BCUT2D eigenvalue weighted by Gasteiger charge is -2.42. The molecule has 4 heteroatoms. The van der Waals surface area contributed by atoms with Crippen molar-refractivity contribution >= 4 is 0 Å². The highest BCUT2D eigenvalue weighted by molar-refractivity contribution is 4.90. The number of piperidine rings is 1. The van der Waals surface area contributed by atoms with Crippen LogP contribution in [0.4, 0.5) is 0 Å². The number of nitrogens with zero attached hydrogens (tertiary/aromatic N) is 3. The van der Waals surface area contributed by atoms with Gasteiger partial charge in [0.15, 0.2) is 0 Å². The van der Waals surface area contributed by atoms with Crippen molar-refractivity contribution in [3.05, 3.63) is 11.8 Å². The Hall–Kier alpha value is -0.900. The Balaban J connectivity index is 1.62. The van der Waals surface area contributed by atoms with Gasteiger partial charge >= 0.3 is 0 Å². The smallest absolute Gasteiger partial charge is 0.230 e. The average molecular weight is 277 g/mol. The molecule has 1 aromatic rings. The van der Waals surface area contributed by atoms with Gasteiger partial charge in [0, 0.05) is 13.0 Å². The Morgan fingerprint density at radius 1 is 1.00 bits per heavy atom. The predicted molar refractivity (Wildman–Crippen MR) is 78.3 cm³/mol. The van der Waals surface area contributed by atoms with Crippen molar-refractivity contribution in [3.8, 4) is 0 Å². The van der Waals surface area contributed by atoms with Crippen LogP contribution in [0.3, 0.4) is 0 Å². The van der Waals surface area contributed by atoms with Crippen molar-refractivity contribution in [1.29, 1.82) is 0 Å². The summed E-state index contributed by atoms with van der Waals surface area (Å²) in [6.07, 6.45) is 12.2. The lowest BCUT2D eigenvalue weighted by atomic mass is 9.74. The first kappa shape index (κ1) is 14.1. The van der Waals surface area contributed by atoms with E-state index in [9.17, 15) is 0 Å². The number of aromatic nitrogens is 2. The summed E-state index contributed by atoms with van der Waals surface area (Å²) in [4.78, 5) is 2.54. The van der Waals surface area contributed by atoms with Crippen LogP contribution < -0.4 is 0 Å². The van der Waals surface area contributed by atoms with Crippen molar-refractivity contribution in [2.24, 2.45) is 5.41 Å². The van der Waals surface area contributed by atoms with Crippen LogP contribution in [0.15, 0.2) is 4.42 Å². The standard InChI is InChI=1S/C16H27N3O/c1-2-14-17-18-15(20-14)12-19-11-7-10-16(13-19)8-5-3-4-6-9-16/h2-13H2,1H3. The summed E-state index contributed by atoms with van der Waals surface area (Å²) in [5.74, 6) is 1.56. The lowest BCUT2D eigenvalue weighted by Crippen LogP contribution is -2.42. The van der Waals surface area contributed by atoms with Gasteiger partial charge in [-0.25, -0.2) is 0 Å². The molecule has 1 saturated carbocycles. The molecule has 2 aliphatic rings. The van der Waals surface area contributed by atoms with Crippen LogP contribution in [0.5, 0.6) is 0 Å². The summed E-state index contributed by atoms with van der Waals surface area (Å²) in [7, 11) is 0. The van der Waals surface area contributed by atoms with E-state index in [4.69, 9.17) is 4.42 Å². The zero-order chi connectivity index (χ0) is 13.8. The van der Waals surface area contributed by atoms with Gasteiger partial charge in [-0.15, -0.1) is 10.2 Å². The fourth-order valence-electron chi connectivity index (χ4n) is 4.02. The maximum absolute atomic E-state index is 5.67. The Labute approximate surface area is 121 Å².